The minimum Gasteiger partial charge on any atom is -0.308 e. The molecule has 3 amide bonds. The van der Waals surface area contributed by atoms with Crippen LogP contribution in [-0.2, 0) is 5.41 Å². The Balaban J connectivity index is 1.64. The van der Waals surface area contributed by atoms with Crippen LogP contribution in [0.2, 0.25) is 10.0 Å². The molecule has 2 N–H and O–H groups in total. The van der Waals surface area contributed by atoms with Gasteiger partial charge in [0.05, 0.1) is 15.6 Å². The topological polar surface area (TPSA) is 75.3 Å². The normalized spacial score (nSPS) is 11.0. The van der Waals surface area contributed by atoms with Crippen molar-refractivity contribution in [1.29, 1.82) is 0 Å². The lowest BCUT2D eigenvalue weighted by molar-refractivity contribution is 0.0966. The predicted molar refractivity (Wildman–Crippen MR) is 128 cm³/mol. The highest BCUT2D eigenvalue weighted by Gasteiger charge is 2.18. The smallest absolute Gasteiger partial charge is 0.308 e. The van der Waals surface area contributed by atoms with E-state index in [4.69, 9.17) is 23.2 Å². The molecule has 3 aromatic carbocycles. The highest BCUT2D eigenvalue weighted by Crippen LogP contribution is 2.25. The summed E-state index contributed by atoms with van der Waals surface area (Å²) >= 11 is 12.0. The fraction of sp³-hybridized carbons (Fsp3) is 0.160. The predicted octanol–water partition coefficient (Wildman–Crippen LogP) is 6.48. The van der Waals surface area contributed by atoms with Crippen LogP contribution < -0.4 is 10.6 Å². The van der Waals surface area contributed by atoms with Gasteiger partial charge in [0.2, 0.25) is 0 Å². The Morgan fingerprint density at radius 3 is 1.75 bits per heavy atom. The summed E-state index contributed by atoms with van der Waals surface area (Å²) in [6.45, 7) is 6.34. The van der Waals surface area contributed by atoms with Gasteiger partial charge < -0.3 is 5.32 Å². The number of carbonyl (C=O) groups is 3. The number of urea groups is 1. The first-order valence-corrected chi connectivity index (χ1v) is 10.6. The molecule has 0 aromatic heterocycles. The van der Waals surface area contributed by atoms with Gasteiger partial charge in [-0.1, -0.05) is 74.3 Å². The number of hydrogen-bond donors (Lipinski definition) is 2. The van der Waals surface area contributed by atoms with Crippen LogP contribution in [0.4, 0.5) is 10.5 Å². The third-order valence-electron chi connectivity index (χ3n) is 4.83. The third kappa shape index (κ3) is 5.55. The second-order valence-electron chi connectivity index (χ2n) is 8.24. The number of anilines is 1. The van der Waals surface area contributed by atoms with E-state index in [1.807, 2.05) is 24.3 Å². The molecule has 0 aliphatic rings. The lowest BCUT2D eigenvalue weighted by Gasteiger charge is -2.19. The van der Waals surface area contributed by atoms with Gasteiger partial charge in [0.15, 0.2) is 5.78 Å². The molecular formula is C25H22Cl2N2O3. The van der Waals surface area contributed by atoms with Gasteiger partial charge in [0, 0.05) is 16.8 Å². The SMILES string of the molecule is CC(C)(C)c1ccc(C(=O)c2ccc(NC(=O)NC(=O)c3c(Cl)cccc3Cl)cc2)cc1. The summed E-state index contributed by atoms with van der Waals surface area (Å²) in [5.74, 6) is -0.839. The van der Waals surface area contributed by atoms with E-state index in [0.29, 0.717) is 16.8 Å². The number of rotatable bonds is 4. The van der Waals surface area contributed by atoms with Crippen molar-refractivity contribution in [2.75, 3.05) is 5.32 Å². The molecule has 0 bridgehead atoms. The van der Waals surface area contributed by atoms with E-state index < -0.39 is 11.9 Å². The maximum Gasteiger partial charge on any atom is 0.326 e. The van der Waals surface area contributed by atoms with Gasteiger partial charge in [-0.2, -0.15) is 0 Å². The highest BCUT2D eigenvalue weighted by molar-refractivity contribution is 6.40. The molecule has 0 fully saturated rings. The van der Waals surface area contributed by atoms with Crippen molar-refractivity contribution in [1.82, 2.24) is 5.32 Å². The number of imide groups is 1. The van der Waals surface area contributed by atoms with Crippen molar-refractivity contribution in [3.63, 3.8) is 0 Å². The maximum atomic E-state index is 12.7. The molecule has 0 aliphatic carbocycles. The van der Waals surface area contributed by atoms with Crippen molar-refractivity contribution in [2.45, 2.75) is 26.2 Å². The van der Waals surface area contributed by atoms with E-state index in [1.165, 1.54) is 12.1 Å². The Hall–Kier alpha value is -3.15. The number of nitrogens with one attached hydrogen (secondary N) is 2. The van der Waals surface area contributed by atoms with Crippen LogP contribution in [0.3, 0.4) is 0 Å². The molecule has 3 aromatic rings. The monoisotopic (exact) mass is 468 g/mol. The zero-order valence-corrected chi connectivity index (χ0v) is 19.3. The molecule has 0 atom stereocenters. The molecule has 0 spiro atoms. The molecule has 5 nitrogen and oxygen atoms in total. The quantitative estimate of drug-likeness (QED) is 0.429. The summed E-state index contributed by atoms with van der Waals surface area (Å²) in [6, 6.07) is 17.8. The molecule has 0 saturated heterocycles. The molecule has 0 radical (unpaired) electrons. The molecule has 7 heteroatoms. The number of carbonyl (C=O) groups excluding carboxylic acids is 3. The van der Waals surface area contributed by atoms with Crippen molar-refractivity contribution < 1.29 is 14.4 Å². The van der Waals surface area contributed by atoms with Crippen LogP contribution in [0.15, 0.2) is 66.7 Å². The zero-order chi connectivity index (χ0) is 23.5. The number of halogens is 2. The Morgan fingerprint density at radius 1 is 0.750 bits per heavy atom. The lowest BCUT2D eigenvalue weighted by Crippen LogP contribution is -2.34. The van der Waals surface area contributed by atoms with Crippen LogP contribution in [0, 0.1) is 0 Å². The lowest BCUT2D eigenvalue weighted by atomic mass is 9.86. The summed E-state index contributed by atoms with van der Waals surface area (Å²) in [4.78, 5) is 37.2. The van der Waals surface area contributed by atoms with Gasteiger partial charge in [-0.25, -0.2) is 4.79 Å². The van der Waals surface area contributed by atoms with E-state index in [1.54, 1.807) is 30.3 Å². The molecule has 164 valence electrons. The Morgan fingerprint density at radius 2 is 1.25 bits per heavy atom. The molecule has 3 rings (SSSR count). The van der Waals surface area contributed by atoms with Crippen LogP contribution in [-0.4, -0.2) is 17.7 Å². The Bertz CT molecular complexity index is 1150. The minimum atomic E-state index is -0.747. The first-order valence-electron chi connectivity index (χ1n) is 9.88. The summed E-state index contributed by atoms with van der Waals surface area (Å²) < 4.78 is 0. The van der Waals surface area contributed by atoms with E-state index in [0.717, 1.165) is 5.56 Å². The summed E-state index contributed by atoms with van der Waals surface area (Å²) in [7, 11) is 0. The first kappa shape index (κ1) is 23.5. The number of amides is 3. The van der Waals surface area contributed by atoms with Gasteiger partial charge in [-0.15, -0.1) is 0 Å². The zero-order valence-electron chi connectivity index (χ0n) is 17.8. The Kier molecular flexibility index (Phi) is 7.02. The van der Waals surface area contributed by atoms with E-state index in [2.05, 4.69) is 31.4 Å². The molecule has 0 aliphatic heterocycles. The third-order valence-corrected chi connectivity index (χ3v) is 5.46. The van der Waals surface area contributed by atoms with Crippen LogP contribution >= 0.6 is 23.2 Å². The van der Waals surface area contributed by atoms with E-state index >= 15 is 0 Å². The number of benzene rings is 3. The van der Waals surface area contributed by atoms with Crippen molar-refractivity contribution in [3.05, 3.63) is 99.0 Å². The standard InChI is InChI=1S/C25H22Cl2N2O3/c1-25(2,3)17-11-7-15(8-12-17)22(30)16-9-13-18(14-10-16)28-24(32)29-23(31)21-19(26)5-4-6-20(21)27/h4-14H,1-3H3,(H2,28,29,31,32). The second-order valence-corrected chi connectivity index (χ2v) is 9.05. The number of hydrogen-bond acceptors (Lipinski definition) is 3. The van der Waals surface area contributed by atoms with Crippen LogP contribution in [0.25, 0.3) is 0 Å². The largest absolute Gasteiger partial charge is 0.326 e. The molecule has 32 heavy (non-hydrogen) atoms. The fourth-order valence-electron chi connectivity index (χ4n) is 3.04. The molecule has 0 heterocycles. The first-order chi connectivity index (χ1) is 15.1. The summed E-state index contributed by atoms with van der Waals surface area (Å²) in [5.41, 5.74) is 2.66. The van der Waals surface area contributed by atoms with Crippen molar-refractivity contribution in [2.24, 2.45) is 0 Å². The average Bonchev–Trinajstić information content (AvgIpc) is 2.73. The average molecular weight is 469 g/mol. The fourth-order valence-corrected chi connectivity index (χ4v) is 3.60. The van der Waals surface area contributed by atoms with Crippen molar-refractivity contribution in [3.8, 4) is 0 Å². The molecule has 0 saturated carbocycles. The Labute approximate surface area is 196 Å². The highest BCUT2D eigenvalue weighted by atomic mass is 35.5. The van der Waals surface area contributed by atoms with Crippen molar-refractivity contribution >= 4 is 46.6 Å². The van der Waals surface area contributed by atoms with Crippen LogP contribution in [0.1, 0.15) is 52.6 Å². The van der Waals surface area contributed by atoms with E-state index in [-0.39, 0.29) is 26.8 Å². The minimum absolute atomic E-state index is 0.00797. The van der Waals surface area contributed by atoms with Gasteiger partial charge >= 0.3 is 6.03 Å². The summed E-state index contributed by atoms with van der Waals surface area (Å²) in [6.07, 6.45) is 0. The number of ketones is 1. The van der Waals surface area contributed by atoms with Gasteiger partial charge in [0.25, 0.3) is 5.91 Å². The molecule has 0 unspecified atom stereocenters. The van der Waals surface area contributed by atoms with Crippen LogP contribution in [0.5, 0.6) is 0 Å². The maximum absolute atomic E-state index is 12.7. The van der Waals surface area contributed by atoms with Gasteiger partial charge in [0.1, 0.15) is 0 Å². The van der Waals surface area contributed by atoms with Gasteiger partial charge in [-0.05, 0) is 47.4 Å². The molecular weight excluding hydrogens is 447 g/mol. The van der Waals surface area contributed by atoms with Gasteiger partial charge in [-0.3, -0.25) is 14.9 Å². The second kappa shape index (κ2) is 9.55. The van der Waals surface area contributed by atoms with E-state index in [9.17, 15) is 14.4 Å². The summed E-state index contributed by atoms with van der Waals surface area (Å²) in [5, 5.41) is 5.01.